The summed E-state index contributed by atoms with van der Waals surface area (Å²) in [6.45, 7) is 2.35. The Morgan fingerprint density at radius 1 is 1.40 bits per heavy atom. The fourth-order valence-corrected chi connectivity index (χ4v) is 2.90. The molecule has 116 valence electrons. The number of sulfone groups is 1. The van der Waals surface area contributed by atoms with Crippen molar-refractivity contribution in [3.63, 3.8) is 0 Å². The van der Waals surface area contributed by atoms with Gasteiger partial charge in [0.2, 0.25) is 0 Å². The third-order valence-corrected chi connectivity index (χ3v) is 4.52. The van der Waals surface area contributed by atoms with E-state index in [1.165, 1.54) is 4.90 Å². The van der Waals surface area contributed by atoms with E-state index in [0.29, 0.717) is 19.4 Å². The topological polar surface area (TPSA) is 95.0 Å². The summed E-state index contributed by atoms with van der Waals surface area (Å²) in [5.74, 6) is -1.31. The van der Waals surface area contributed by atoms with Gasteiger partial charge in [0.05, 0.1) is 11.7 Å². The third kappa shape index (κ3) is 4.66. The number of aliphatic carboxylic acids is 1. The quantitative estimate of drug-likeness (QED) is 0.804. The SMILES string of the molecule is CC1CC(C(=O)O)CCN1C(=O)N(C)CCS(C)(=O)=O. The molecule has 1 fully saturated rings. The van der Waals surface area contributed by atoms with Crippen molar-refractivity contribution >= 4 is 21.8 Å². The molecule has 1 aliphatic heterocycles. The lowest BCUT2D eigenvalue weighted by atomic mass is 9.92. The average Bonchev–Trinajstić information content (AvgIpc) is 2.34. The van der Waals surface area contributed by atoms with Crippen LogP contribution in [0.25, 0.3) is 0 Å². The number of amides is 2. The van der Waals surface area contributed by atoms with Gasteiger partial charge in [0.25, 0.3) is 0 Å². The molecule has 2 amide bonds. The van der Waals surface area contributed by atoms with E-state index in [0.717, 1.165) is 6.26 Å². The van der Waals surface area contributed by atoms with Crippen LogP contribution in [-0.4, -0.2) is 73.5 Å². The molecular formula is C12H22N2O5S. The van der Waals surface area contributed by atoms with Crippen molar-refractivity contribution in [1.82, 2.24) is 9.80 Å². The Labute approximate surface area is 119 Å². The molecule has 1 aliphatic rings. The lowest BCUT2D eigenvalue weighted by Crippen LogP contribution is -2.51. The molecule has 0 aromatic heterocycles. The number of urea groups is 1. The zero-order valence-electron chi connectivity index (χ0n) is 12.1. The van der Waals surface area contributed by atoms with Crippen LogP contribution < -0.4 is 0 Å². The van der Waals surface area contributed by atoms with Crippen LogP contribution in [0.1, 0.15) is 19.8 Å². The molecule has 0 bridgehead atoms. The van der Waals surface area contributed by atoms with Crippen molar-refractivity contribution in [2.45, 2.75) is 25.8 Å². The number of carboxylic acid groups (broad SMARTS) is 1. The predicted molar refractivity (Wildman–Crippen MR) is 74.3 cm³/mol. The monoisotopic (exact) mass is 306 g/mol. The Hall–Kier alpha value is -1.31. The number of rotatable bonds is 4. The van der Waals surface area contributed by atoms with E-state index in [1.54, 1.807) is 11.9 Å². The predicted octanol–water partition coefficient (Wildman–Crippen LogP) is 0.268. The summed E-state index contributed by atoms with van der Waals surface area (Å²) in [6, 6.07) is -0.400. The lowest BCUT2D eigenvalue weighted by Gasteiger charge is -2.38. The van der Waals surface area contributed by atoms with E-state index in [2.05, 4.69) is 0 Å². The number of hydrogen-bond donors (Lipinski definition) is 1. The fraction of sp³-hybridized carbons (Fsp3) is 0.833. The van der Waals surface area contributed by atoms with Gasteiger partial charge in [-0.3, -0.25) is 4.79 Å². The van der Waals surface area contributed by atoms with Crippen molar-refractivity contribution in [2.24, 2.45) is 5.92 Å². The van der Waals surface area contributed by atoms with Crippen LogP contribution in [0.4, 0.5) is 4.79 Å². The molecule has 20 heavy (non-hydrogen) atoms. The van der Waals surface area contributed by atoms with Gasteiger partial charge in [-0.1, -0.05) is 0 Å². The highest BCUT2D eigenvalue weighted by atomic mass is 32.2. The second-order valence-electron chi connectivity index (χ2n) is 5.44. The molecular weight excluding hydrogens is 284 g/mol. The first kappa shape index (κ1) is 16.7. The standard InChI is InChI=1S/C12H22N2O5S/c1-9-8-10(11(15)16)4-5-14(9)12(17)13(2)6-7-20(3,18)19/h9-10H,4-8H2,1-3H3,(H,15,16). The fourth-order valence-electron chi connectivity index (χ4n) is 2.30. The van der Waals surface area contributed by atoms with Gasteiger partial charge < -0.3 is 14.9 Å². The first-order chi connectivity index (χ1) is 9.11. The molecule has 7 nitrogen and oxygen atoms in total. The van der Waals surface area contributed by atoms with Gasteiger partial charge in [-0.25, -0.2) is 13.2 Å². The number of hydrogen-bond acceptors (Lipinski definition) is 4. The van der Waals surface area contributed by atoms with E-state index >= 15 is 0 Å². The summed E-state index contributed by atoms with van der Waals surface area (Å²) in [7, 11) is -1.55. The normalized spacial score (nSPS) is 23.4. The lowest BCUT2D eigenvalue weighted by molar-refractivity contribution is -0.143. The zero-order chi connectivity index (χ0) is 15.5. The smallest absolute Gasteiger partial charge is 0.320 e. The highest BCUT2D eigenvalue weighted by Gasteiger charge is 2.33. The van der Waals surface area contributed by atoms with Crippen LogP contribution in [0.3, 0.4) is 0 Å². The second kappa shape index (κ2) is 6.43. The minimum absolute atomic E-state index is 0.0742. The van der Waals surface area contributed by atoms with Crippen LogP contribution in [0.2, 0.25) is 0 Å². The molecule has 0 spiro atoms. The van der Waals surface area contributed by atoms with Crippen LogP contribution in [0.5, 0.6) is 0 Å². The largest absolute Gasteiger partial charge is 0.481 e. The van der Waals surface area contributed by atoms with Gasteiger partial charge >= 0.3 is 12.0 Å². The third-order valence-electron chi connectivity index (χ3n) is 3.60. The molecule has 1 heterocycles. The van der Waals surface area contributed by atoms with Crippen LogP contribution >= 0.6 is 0 Å². The number of carbonyl (C=O) groups is 2. The van der Waals surface area contributed by atoms with Crippen molar-refractivity contribution in [3.8, 4) is 0 Å². The summed E-state index contributed by atoms with van der Waals surface area (Å²) in [4.78, 5) is 26.1. The molecule has 0 aromatic carbocycles. The summed E-state index contributed by atoms with van der Waals surface area (Å²) in [6.07, 6.45) is 2.00. The number of nitrogens with zero attached hydrogens (tertiary/aromatic N) is 2. The van der Waals surface area contributed by atoms with E-state index < -0.39 is 21.7 Å². The summed E-state index contributed by atoms with van der Waals surface area (Å²) < 4.78 is 22.2. The molecule has 0 radical (unpaired) electrons. The Kier molecular flexibility index (Phi) is 5.38. The van der Waals surface area contributed by atoms with E-state index in [4.69, 9.17) is 5.11 Å². The number of carbonyl (C=O) groups excluding carboxylic acids is 1. The van der Waals surface area contributed by atoms with Crippen LogP contribution in [-0.2, 0) is 14.6 Å². The van der Waals surface area contributed by atoms with Crippen molar-refractivity contribution in [1.29, 1.82) is 0 Å². The van der Waals surface area contributed by atoms with Crippen LogP contribution in [0.15, 0.2) is 0 Å². The average molecular weight is 306 g/mol. The minimum atomic E-state index is -3.11. The molecule has 1 N–H and O–H groups in total. The molecule has 0 saturated carbocycles. The summed E-state index contributed by atoms with van der Waals surface area (Å²) in [5.41, 5.74) is 0. The summed E-state index contributed by atoms with van der Waals surface area (Å²) in [5, 5.41) is 8.98. The minimum Gasteiger partial charge on any atom is -0.481 e. The maximum Gasteiger partial charge on any atom is 0.320 e. The molecule has 0 aromatic rings. The molecule has 2 atom stereocenters. The number of likely N-dealkylation sites (tertiary alicyclic amines) is 1. The maximum atomic E-state index is 12.2. The Morgan fingerprint density at radius 2 is 2.00 bits per heavy atom. The Bertz CT molecular complexity index is 476. The van der Waals surface area contributed by atoms with E-state index in [9.17, 15) is 18.0 Å². The molecule has 0 aliphatic carbocycles. The van der Waals surface area contributed by atoms with E-state index in [-0.39, 0.29) is 24.4 Å². The highest BCUT2D eigenvalue weighted by Crippen LogP contribution is 2.23. The first-order valence-electron chi connectivity index (χ1n) is 6.54. The number of piperidine rings is 1. The molecule has 2 unspecified atom stereocenters. The maximum absolute atomic E-state index is 12.2. The van der Waals surface area contributed by atoms with Gasteiger partial charge in [-0.15, -0.1) is 0 Å². The Balaban J connectivity index is 2.57. The van der Waals surface area contributed by atoms with Crippen molar-refractivity contribution < 1.29 is 23.1 Å². The molecule has 8 heteroatoms. The number of carboxylic acids is 1. The Morgan fingerprint density at radius 3 is 2.45 bits per heavy atom. The van der Waals surface area contributed by atoms with Gasteiger partial charge in [0.15, 0.2) is 0 Å². The summed E-state index contributed by atoms with van der Waals surface area (Å²) >= 11 is 0. The zero-order valence-corrected chi connectivity index (χ0v) is 12.9. The highest BCUT2D eigenvalue weighted by molar-refractivity contribution is 7.90. The van der Waals surface area contributed by atoms with Crippen molar-refractivity contribution in [2.75, 3.05) is 32.1 Å². The van der Waals surface area contributed by atoms with E-state index in [1.807, 2.05) is 6.92 Å². The van der Waals surface area contributed by atoms with Gasteiger partial charge in [-0.2, -0.15) is 0 Å². The molecule has 1 saturated heterocycles. The van der Waals surface area contributed by atoms with Gasteiger partial charge in [0, 0.05) is 32.4 Å². The van der Waals surface area contributed by atoms with Gasteiger partial charge in [-0.05, 0) is 19.8 Å². The van der Waals surface area contributed by atoms with Gasteiger partial charge in [0.1, 0.15) is 9.84 Å². The van der Waals surface area contributed by atoms with Crippen molar-refractivity contribution in [3.05, 3.63) is 0 Å². The molecule has 1 rings (SSSR count). The van der Waals surface area contributed by atoms with Crippen LogP contribution in [0, 0.1) is 5.92 Å². The first-order valence-corrected chi connectivity index (χ1v) is 8.60. The second-order valence-corrected chi connectivity index (χ2v) is 7.70.